The Morgan fingerprint density at radius 3 is 2.60 bits per heavy atom. The van der Waals surface area contributed by atoms with E-state index in [9.17, 15) is 9.59 Å². The Balaban J connectivity index is 2.37. The quantitative estimate of drug-likeness (QED) is 0.669. The van der Waals surface area contributed by atoms with Gasteiger partial charge in [0.15, 0.2) is 6.61 Å². The molecule has 0 aromatic heterocycles. The molecule has 1 aromatic rings. The Kier molecular flexibility index (Phi) is 6.95. The Bertz CT molecular complexity index is 447. The zero-order valence-electron chi connectivity index (χ0n) is 11.4. The molecule has 6 nitrogen and oxygen atoms in total. The first-order chi connectivity index (χ1) is 9.61. The van der Waals surface area contributed by atoms with Crippen molar-refractivity contribution in [1.82, 2.24) is 5.32 Å². The molecule has 0 heterocycles. The SMILES string of the molecule is CCCCOc1cccc(OCC(=O)NCC(=O)O)c1. The second-order valence-corrected chi connectivity index (χ2v) is 4.14. The number of carboxylic acid groups (broad SMARTS) is 1. The molecule has 0 bridgehead atoms. The number of aliphatic carboxylic acids is 1. The number of carboxylic acids is 1. The summed E-state index contributed by atoms with van der Waals surface area (Å²) in [5, 5.41) is 10.6. The Hall–Kier alpha value is -2.24. The van der Waals surface area contributed by atoms with Gasteiger partial charge >= 0.3 is 5.97 Å². The molecule has 0 saturated heterocycles. The van der Waals surface area contributed by atoms with Crippen molar-refractivity contribution in [2.75, 3.05) is 19.8 Å². The highest BCUT2D eigenvalue weighted by Gasteiger charge is 2.05. The van der Waals surface area contributed by atoms with Gasteiger partial charge < -0.3 is 19.9 Å². The highest BCUT2D eigenvalue weighted by Crippen LogP contribution is 2.19. The number of nitrogens with one attached hydrogen (secondary N) is 1. The van der Waals surface area contributed by atoms with Crippen LogP contribution in [0.15, 0.2) is 24.3 Å². The van der Waals surface area contributed by atoms with Gasteiger partial charge in [-0.3, -0.25) is 9.59 Å². The number of carbonyl (C=O) groups excluding carboxylic acids is 1. The van der Waals surface area contributed by atoms with Gasteiger partial charge in [0, 0.05) is 6.07 Å². The molecule has 0 fully saturated rings. The van der Waals surface area contributed by atoms with E-state index >= 15 is 0 Å². The van der Waals surface area contributed by atoms with Crippen molar-refractivity contribution in [2.45, 2.75) is 19.8 Å². The number of hydrogen-bond donors (Lipinski definition) is 2. The van der Waals surface area contributed by atoms with E-state index in [1.54, 1.807) is 18.2 Å². The summed E-state index contributed by atoms with van der Waals surface area (Å²) >= 11 is 0. The maximum absolute atomic E-state index is 11.3. The van der Waals surface area contributed by atoms with Gasteiger partial charge in [-0.15, -0.1) is 0 Å². The van der Waals surface area contributed by atoms with Crippen LogP contribution in [0.4, 0.5) is 0 Å². The van der Waals surface area contributed by atoms with Crippen LogP contribution < -0.4 is 14.8 Å². The minimum Gasteiger partial charge on any atom is -0.493 e. The fourth-order valence-electron chi connectivity index (χ4n) is 1.36. The zero-order chi connectivity index (χ0) is 14.8. The highest BCUT2D eigenvalue weighted by atomic mass is 16.5. The smallest absolute Gasteiger partial charge is 0.322 e. The van der Waals surface area contributed by atoms with Gasteiger partial charge in [-0.1, -0.05) is 19.4 Å². The molecule has 2 N–H and O–H groups in total. The molecule has 1 aromatic carbocycles. The molecular weight excluding hydrogens is 262 g/mol. The Morgan fingerprint density at radius 1 is 1.25 bits per heavy atom. The molecule has 20 heavy (non-hydrogen) atoms. The summed E-state index contributed by atoms with van der Waals surface area (Å²) in [4.78, 5) is 21.6. The predicted octanol–water partition coefficient (Wildman–Crippen LogP) is 1.45. The summed E-state index contributed by atoms with van der Waals surface area (Å²) in [6.45, 7) is 2.08. The summed E-state index contributed by atoms with van der Waals surface area (Å²) in [6.07, 6.45) is 2.03. The lowest BCUT2D eigenvalue weighted by molar-refractivity contribution is -0.138. The van der Waals surface area contributed by atoms with Crippen LogP contribution in [0.5, 0.6) is 11.5 Å². The second kappa shape index (κ2) is 8.79. The van der Waals surface area contributed by atoms with Crippen LogP contribution in [-0.2, 0) is 9.59 Å². The molecule has 0 aliphatic carbocycles. The van der Waals surface area contributed by atoms with E-state index in [0.717, 1.165) is 12.8 Å². The van der Waals surface area contributed by atoms with Crippen LogP contribution in [0, 0.1) is 0 Å². The molecule has 0 aliphatic heterocycles. The standard InChI is InChI=1S/C14H19NO5/c1-2-3-7-19-11-5-4-6-12(8-11)20-10-13(16)15-9-14(17)18/h4-6,8H,2-3,7,9-10H2,1H3,(H,15,16)(H,17,18). The van der Waals surface area contributed by atoms with Gasteiger partial charge in [-0.05, 0) is 18.6 Å². The average molecular weight is 281 g/mol. The summed E-state index contributed by atoms with van der Waals surface area (Å²) in [7, 11) is 0. The molecule has 1 amide bonds. The molecule has 110 valence electrons. The van der Waals surface area contributed by atoms with Gasteiger partial charge in [-0.25, -0.2) is 0 Å². The first-order valence-corrected chi connectivity index (χ1v) is 6.46. The monoisotopic (exact) mass is 281 g/mol. The highest BCUT2D eigenvalue weighted by molar-refractivity contribution is 5.82. The third-order valence-electron chi connectivity index (χ3n) is 2.38. The van der Waals surface area contributed by atoms with Crippen LogP contribution in [0.1, 0.15) is 19.8 Å². The molecule has 0 unspecified atom stereocenters. The largest absolute Gasteiger partial charge is 0.493 e. The van der Waals surface area contributed by atoms with Crippen molar-refractivity contribution in [1.29, 1.82) is 0 Å². The number of unbranched alkanes of at least 4 members (excludes halogenated alkanes) is 1. The fourth-order valence-corrected chi connectivity index (χ4v) is 1.36. The third-order valence-corrected chi connectivity index (χ3v) is 2.38. The molecule has 0 radical (unpaired) electrons. The van der Waals surface area contributed by atoms with Gasteiger partial charge in [0.25, 0.3) is 5.91 Å². The van der Waals surface area contributed by atoms with Crippen molar-refractivity contribution in [2.24, 2.45) is 0 Å². The Morgan fingerprint density at radius 2 is 1.95 bits per heavy atom. The van der Waals surface area contributed by atoms with Gasteiger partial charge in [0.05, 0.1) is 6.61 Å². The van der Waals surface area contributed by atoms with E-state index in [4.69, 9.17) is 14.6 Å². The first kappa shape index (κ1) is 15.8. The lowest BCUT2D eigenvalue weighted by Crippen LogP contribution is -2.33. The lowest BCUT2D eigenvalue weighted by Gasteiger charge is -2.09. The van der Waals surface area contributed by atoms with Gasteiger partial charge in [0.1, 0.15) is 18.0 Å². The number of amides is 1. The molecule has 0 aliphatic rings. The summed E-state index contributed by atoms with van der Waals surface area (Å²) in [5.74, 6) is -0.388. The normalized spacial score (nSPS) is 9.85. The van der Waals surface area contributed by atoms with E-state index < -0.39 is 18.4 Å². The minimum atomic E-state index is -1.09. The molecule has 0 spiro atoms. The topological polar surface area (TPSA) is 84.9 Å². The van der Waals surface area contributed by atoms with Gasteiger partial charge in [0.2, 0.25) is 0 Å². The molecule has 6 heteroatoms. The van der Waals surface area contributed by atoms with Crippen molar-refractivity contribution in [3.63, 3.8) is 0 Å². The van der Waals surface area contributed by atoms with E-state index in [1.807, 2.05) is 6.07 Å². The van der Waals surface area contributed by atoms with Crippen LogP contribution >= 0.6 is 0 Å². The summed E-state index contributed by atoms with van der Waals surface area (Å²) in [5.41, 5.74) is 0. The number of carbonyl (C=O) groups is 2. The fraction of sp³-hybridized carbons (Fsp3) is 0.429. The lowest BCUT2D eigenvalue weighted by atomic mass is 10.3. The maximum Gasteiger partial charge on any atom is 0.322 e. The van der Waals surface area contributed by atoms with E-state index in [1.165, 1.54) is 0 Å². The van der Waals surface area contributed by atoms with Crippen LogP contribution in [-0.4, -0.2) is 36.7 Å². The number of ether oxygens (including phenoxy) is 2. The van der Waals surface area contributed by atoms with E-state index in [-0.39, 0.29) is 6.61 Å². The number of rotatable bonds is 9. The van der Waals surface area contributed by atoms with Crippen LogP contribution in [0.25, 0.3) is 0 Å². The molecular formula is C14H19NO5. The summed E-state index contributed by atoms with van der Waals surface area (Å²) in [6, 6.07) is 6.98. The van der Waals surface area contributed by atoms with E-state index in [0.29, 0.717) is 18.1 Å². The predicted molar refractivity (Wildman–Crippen MR) is 73.0 cm³/mol. The maximum atomic E-state index is 11.3. The van der Waals surface area contributed by atoms with E-state index in [2.05, 4.69) is 12.2 Å². The second-order valence-electron chi connectivity index (χ2n) is 4.14. The van der Waals surface area contributed by atoms with Crippen molar-refractivity contribution < 1.29 is 24.2 Å². The van der Waals surface area contributed by atoms with Crippen molar-refractivity contribution in [3.8, 4) is 11.5 Å². The molecule has 0 atom stereocenters. The van der Waals surface area contributed by atoms with Gasteiger partial charge in [-0.2, -0.15) is 0 Å². The third kappa shape index (κ3) is 6.63. The number of benzene rings is 1. The summed E-state index contributed by atoms with van der Waals surface area (Å²) < 4.78 is 10.8. The Labute approximate surface area is 117 Å². The first-order valence-electron chi connectivity index (χ1n) is 6.46. The molecule has 0 saturated carbocycles. The average Bonchev–Trinajstić information content (AvgIpc) is 2.43. The van der Waals surface area contributed by atoms with Crippen LogP contribution in [0.3, 0.4) is 0 Å². The molecule has 1 rings (SSSR count). The minimum absolute atomic E-state index is 0.230. The number of hydrogen-bond acceptors (Lipinski definition) is 4. The van der Waals surface area contributed by atoms with Crippen molar-refractivity contribution in [3.05, 3.63) is 24.3 Å². The van der Waals surface area contributed by atoms with Crippen LogP contribution in [0.2, 0.25) is 0 Å². The zero-order valence-corrected chi connectivity index (χ0v) is 11.4. The van der Waals surface area contributed by atoms with Crippen molar-refractivity contribution >= 4 is 11.9 Å².